The van der Waals surface area contributed by atoms with Crippen LogP contribution in [0.2, 0.25) is 5.02 Å². The number of hydrogen-bond acceptors (Lipinski definition) is 6. The zero-order valence-corrected chi connectivity index (χ0v) is 15.6. The summed E-state index contributed by atoms with van der Waals surface area (Å²) < 4.78 is 10.2. The first-order valence-electron chi connectivity index (χ1n) is 7.83. The van der Waals surface area contributed by atoms with Gasteiger partial charge in [-0.15, -0.1) is 0 Å². The van der Waals surface area contributed by atoms with Crippen molar-refractivity contribution in [3.05, 3.63) is 62.7 Å². The van der Waals surface area contributed by atoms with E-state index in [2.05, 4.69) is 5.32 Å². The van der Waals surface area contributed by atoms with Gasteiger partial charge in [0.15, 0.2) is 6.10 Å². The highest BCUT2D eigenvalue weighted by molar-refractivity contribution is 6.31. The van der Waals surface area contributed by atoms with Crippen molar-refractivity contribution >= 4 is 34.9 Å². The summed E-state index contributed by atoms with van der Waals surface area (Å²) in [6.45, 7) is 2.94. The number of benzene rings is 2. The van der Waals surface area contributed by atoms with E-state index in [1.807, 2.05) is 0 Å². The summed E-state index contributed by atoms with van der Waals surface area (Å²) in [6.07, 6.45) is -1.15. The molecule has 1 unspecified atom stereocenters. The lowest BCUT2D eigenvalue weighted by molar-refractivity contribution is -0.385. The number of nitro benzene ring substituents is 1. The monoisotopic (exact) mass is 392 g/mol. The van der Waals surface area contributed by atoms with Crippen molar-refractivity contribution in [1.82, 2.24) is 0 Å². The molecular weight excluding hydrogens is 376 g/mol. The van der Waals surface area contributed by atoms with E-state index in [1.54, 1.807) is 19.1 Å². The third-order valence-electron chi connectivity index (χ3n) is 3.71. The van der Waals surface area contributed by atoms with Gasteiger partial charge in [0, 0.05) is 16.7 Å². The molecular formula is C18H17ClN2O6. The number of amides is 1. The highest BCUT2D eigenvalue weighted by Gasteiger charge is 2.22. The van der Waals surface area contributed by atoms with Crippen LogP contribution in [-0.4, -0.2) is 30.0 Å². The number of carbonyl (C=O) groups excluding carboxylic acids is 2. The molecule has 0 bridgehead atoms. The fraction of sp³-hybridized carbons (Fsp3) is 0.222. The van der Waals surface area contributed by atoms with Gasteiger partial charge in [-0.2, -0.15) is 0 Å². The molecule has 1 N–H and O–H groups in total. The second kappa shape index (κ2) is 8.50. The van der Waals surface area contributed by atoms with Gasteiger partial charge >= 0.3 is 5.97 Å². The minimum Gasteiger partial charge on any atom is -0.495 e. The van der Waals surface area contributed by atoms with E-state index in [9.17, 15) is 19.7 Å². The average molecular weight is 393 g/mol. The number of esters is 1. The van der Waals surface area contributed by atoms with Crippen molar-refractivity contribution in [1.29, 1.82) is 0 Å². The molecule has 0 spiro atoms. The Morgan fingerprint density at radius 1 is 1.22 bits per heavy atom. The lowest BCUT2D eigenvalue weighted by atomic mass is 10.1. The number of halogens is 1. The van der Waals surface area contributed by atoms with Crippen LogP contribution in [0.5, 0.6) is 5.75 Å². The molecule has 0 aliphatic heterocycles. The molecule has 27 heavy (non-hydrogen) atoms. The number of carbonyl (C=O) groups is 2. The molecule has 0 aliphatic rings. The van der Waals surface area contributed by atoms with Crippen LogP contribution in [0.3, 0.4) is 0 Å². The van der Waals surface area contributed by atoms with Gasteiger partial charge in [0.1, 0.15) is 5.75 Å². The zero-order chi connectivity index (χ0) is 20.1. The van der Waals surface area contributed by atoms with Crippen LogP contribution in [0.1, 0.15) is 22.8 Å². The Kier molecular flexibility index (Phi) is 6.36. The number of rotatable bonds is 6. The van der Waals surface area contributed by atoms with Crippen molar-refractivity contribution in [2.75, 3.05) is 12.4 Å². The van der Waals surface area contributed by atoms with Crippen LogP contribution in [0.15, 0.2) is 36.4 Å². The van der Waals surface area contributed by atoms with E-state index in [0.29, 0.717) is 22.0 Å². The maximum atomic E-state index is 12.3. The fourth-order valence-electron chi connectivity index (χ4n) is 2.23. The minimum atomic E-state index is -1.15. The number of anilines is 1. The summed E-state index contributed by atoms with van der Waals surface area (Å²) in [5.74, 6) is -1.07. The fourth-order valence-corrected chi connectivity index (χ4v) is 2.40. The number of nitro groups is 1. The summed E-state index contributed by atoms with van der Waals surface area (Å²) >= 11 is 5.91. The standard InChI is InChI=1S/C18H17ClN2O6/c1-10-4-5-12(8-15(10)21(24)25)18(23)27-11(2)17(22)20-14-9-13(19)6-7-16(14)26-3/h4-9,11H,1-3H3,(H,20,22). The largest absolute Gasteiger partial charge is 0.495 e. The topological polar surface area (TPSA) is 108 Å². The molecule has 8 nitrogen and oxygen atoms in total. The maximum Gasteiger partial charge on any atom is 0.339 e. The highest BCUT2D eigenvalue weighted by Crippen LogP contribution is 2.28. The zero-order valence-electron chi connectivity index (χ0n) is 14.8. The van der Waals surface area contributed by atoms with Gasteiger partial charge in [0.05, 0.1) is 23.3 Å². The molecule has 2 aromatic carbocycles. The normalized spacial score (nSPS) is 11.4. The smallest absolute Gasteiger partial charge is 0.339 e. The number of aryl methyl sites for hydroxylation is 1. The van der Waals surface area contributed by atoms with Crippen LogP contribution in [0.4, 0.5) is 11.4 Å². The van der Waals surface area contributed by atoms with Crippen molar-refractivity contribution in [2.45, 2.75) is 20.0 Å². The van der Waals surface area contributed by atoms with E-state index in [-0.39, 0.29) is 11.3 Å². The Balaban J connectivity index is 2.10. The van der Waals surface area contributed by atoms with Crippen molar-refractivity contribution in [2.24, 2.45) is 0 Å². The molecule has 0 saturated heterocycles. The van der Waals surface area contributed by atoms with E-state index in [1.165, 1.54) is 32.2 Å². The maximum absolute atomic E-state index is 12.3. The van der Waals surface area contributed by atoms with Crippen molar-refractivity contribution < 1.29 is 24.0 Å². The quantitative estimate of drug-likeness (QED) is 0.455. The Hall–Kier alpha value is -3.13. The molecule has 9 heteroatoms. The third-order valence-corrected chi connectivity index (χ3v) is 3.95. The predicted octanol–water partition coefficient (Wildman–Crippen LogP) is 3.75. The van der Waals surface area contributed by atoms with Gasteiger partial charge in [-0.25, -0.2) is 4.79 Å². The van der Waals surface area contributed by atoms with Gasteiger partial charge in [-0.05, 0) is 38.1 Å². The van der Waals surface area contributed by atoms with Crippen LogP contribution in [0, 0.1) is 17.0 Å². The van der Waals surface area contributed by atoms with Crippen molar-refractivity contribution in [3.63, 3.8) is 0 Å². The van der Waals surface area contributed by atoms with Crippen LogP contribution >= 0.6 is 11.6 Å². The van der Waals surface area contributed by atoms with Gasteiger partial charge in [-0.3, -0.25) is 14.9 Å². The molecule has 1 amide bonds. The Labute approximate surface area is 160 Å². The Morgan fingerprint density at radius 2 is 1.93 bits per heavy atom. The molecule has 2 aromatic rings. The Bertz CT molecular complexity index is 899. The first kappa shape index (κ1) is 20.2. The van der Waals surface area contributed by atoms with E-state index in [0.717, 1.165) is 6.07 Å². The lowest BCUT2D eigenvalue weighted by Gasteiger charge is -2.15. The number of nitrogens with one attached hydrogen (secondary N) is 1. The molecule has 0 radical (unpaired) electrons. The summed E-state index contributed by atoms with van der Waals surface area (Å²) in [5.41, 5.74) is 0.511. The van der Waals surface area contributed by atoms with Crippen LogP contribution in [0.25, 0.3) is 0 Å². The SMILES string of the molecule is COc1ccc(Cl)cc1NC(=O)C(C)OC(=O)c1ccc(C)c([N+](=O)[O-])c1. The van der Waals surface area contributed by atoms with Crippen LogP contribution < -0.4 is 10.1 Å². The first-order chi connectivity index (χ1) is 12.7. The molecule has 0 heterocycles. The van der Waals surface area contributed by atoms with E-state index < -0.39 is 22.9 Å². The lowest BCUT2D eigenvalue weighted by Crippen LogP contribution is -2.30. The van der Waals surface area contributed by atoms with Gasteiger partial charge in [0.25, 0.3) is 11.6 Å². The summed E-state index contributed by atoms with van der Waals surface area (Å²) in [6, 6.07) is 8.63. The van der Waals surface area contributed by atoms with E-state index in [4.69, 9.17) is 21.1 Å². The minimum absolute atomic E-state index is 0.0210. The average Bonchev–Trinajstić information content (AvgIpc) is 2.61. The molecule has 142 valence electrons. The number of methoxy groups -OCH3 is 1. The van der Waals surface area contributed by atoms with Gasteiger partial charge in [-0.1, -0.05) is 17.7 Å². The second-order valence-electron chi connectivity index (χ2n) is 5.64. The predicted molar refractivity (Wildman–Crippen MR) is 99.3 cm³/mol. The number of hydrogen-bond donors (Lipinski definition) is 1. The van der Waals surface area contributed by atoms with Crippen LogP contribution in [-0.2, 0) is 9.53 Å². The number of ether oxygens (including phenoxy) is 2. The molecule has 1 atom stereocenters. The van der Waals surface area contributed by atoms with Crippen molar-refractivity contribution in [3.8, 4) is 5.75 Å². The molecule has 0 aromatic heterocycles. The summed E-state index contributed by atoms with van der Waals surface area (Å²) in [5, 5.41) is 13.9. The third kappa shape index (κ3) is 4.95. The molecule has 2 rings (SSSR count). The molecule has 0 fully saturated rings. The molecule has 0 saturated carbocycles. The van der Waals surface area contributed by atoms with Gasteiger partial charge in [0.2, 0.25) is 0 Å². The highest BCUT2D eigenvalue weighted by atomic mass is 35.5. The van der Waals surface area contributed by atoms with Gasteiger partial charge < -0.3 is 14.8 Å². The first-order valence-corrected chi connectivity index (χ1v) is 8.21. The summed E-state index contributed by atoms with van der Waals surface area (Å²) in [7, 11) is 1.44. The number of nitrogens with zero attached hydrogens (tertiary/aromatic N) is 1. The molecule has 0 aliphatic carbocycles. The van der Waals surface area contributed by atoms with E-state index >= 15 is 0 Å². The second-order valence-corrected chi connectivity index (χ2v) is 6.08. The summed E-state index contributed by atoms with van der Waals surface area (Å²) in [4.78, 5) is 34.9. The Morgan fingerprint density at radius 3 is 2.56 bits per heavy atom.